The van der Waals surface area contributed by atoms with E-state index in [-0.39, 0.29) is 0 Å². The van der Waals surface area contributed by atoms with E-state index in [0.29, 0.717) is 5.75 Å². The molecule has 0 heterocycles. The fourth-order valence-corrected chi connectivity index (χ4v) is 0.628. The van der Waals surface area contributed by atoms with Crippen molar-refractivity contribution in [2.24, 2.45) is 0 Å². The fraction of sp³-hybridized carbons (Fsp3) is 0.143. The zero-order chi connectivity index (χ0) is 15.7. The number of phenols is 1. The second-order valence-electron chi connectivity index (χ2n) is 2.61. The molecule has 0 spiro atoms. The summed E-state index contributed by atoms with van der Waals surface area (Å²) in [4.78, 5) is 0. The molecular formula is C7H9NO9S2-4. The third-order valence-corrected chi connectivity index (χ3v) is 1.16. The second-order valence-corrected chi connectivity index (χ2v) is 4.25. The molecule has 0 aliphatic heterocycles. The Bertz CT molecular complexity index is 503. The minimum Gasteiger partial charge on any atom is -0.759 e. The lowest BCUT2D eigenvalue weighted by molar-refractivity contribution is 0.350. The average molecular weight is 315 g/mol. The molecule has 0 saturated heterocycles. The van der Waals surface area contributed by atoms with Crippen molar-refractivity contribution in [3.8, 4) is 5.75 Å². The van der Waals surface area contributed by atoms with Crippen molar-refractivity contribution in [2.75, 3.05) is 12.4 Å². The van der Waals surface area contributed by atoms with Gasteiger partial charge in [0.15, 0.2) is 0 Å². The molecule has 0 aromatic heterocycles. The number of nitrogens with one attached hydrogen (secondary N) is 1. The minimum absolute atomic E-state index is 0.300. The number of phenolic OH excluding ortho intramolecular Hbond substituents is 1. The Hall–Kier alpha value is -1.44. The van der Waals surface area contributed by atoms with Gasteiger partial charge in [0.25, 0.3) is 0 Å². The number of hydrogen-bond acceptors (Lipinski definition) is 10. The maximum absolute atomic E-state index is 8.82. The topological polar surface area (TPSA) is 193 Å². The first kappa shape index (κ1) is 19.9. The van der Waals surface area contributed by atoms with Crippen LogP contribution < -0.4 is 5.32 Å². The molecule has 0 amide bonds. The van der Waals surface area contributed by atoms with Crippen molar-refractivity contribution in [1.29, 1.82) is 0 Å². The summed E-state index contributed by atoms with van der Waals surface area (Å²) in [5.41, 5.74) is 1.01. The predicted octanol–water partition coefficient (Wildman–Crippen LogP) is -1.24. The van der Waals surface area contributed by atoms with E-state index in [0.717, 1.165) is 5.69 Å². The molecule has 0 saturated carbocycles. The number of aromatic hydroxyl groups is 1. The Balaban J connectivity index is 0. The van der Waals surface area contributed by atoms with Crippen LogP contribution in [0.1, 0.15) is 0 Å². The van der Waals surface area contributed by atoms with Crippen LogP contribution >= 0.6 is 0 Å². The van der Waals surface area contributed by atoms with Crippen molar-refractivity contribution >= 4 is 26.5 Å². The first-order valence-corrected chi connectivity index (χ1v) is 6.79. The summed E-state index contributed by atoms with van der Waals surface area (Å²) < 4.78 is 68.2. The molecule has 0 radical (unpaired) electrons. The first-order chi connectivity index (χ1) is 8.33. The van der Waals surface area contributed by atoms with E-state index in [1.807, 2.05) is 19.2 Å². The van der Waals surface area contributed by atoms with Crippen LogP contribution in [0.4, 0.5) is 5.69 Å². The van der Waals surface area contributed by atoms with Crippen LogP contribution in [-0.4, -0.2) is 47.2 Å². The van der Waals surface area contributed by atoms with Crippen molar-refractivity contribution < 1.29 is 40.2 Å². The zero-order valence-electron chi connectivity index (χ0n) is 9.34. The molecule has 0 fully saturated rings. The molecule has 0 aliphatic carbocycles. The summed E-state index contributed by atoms with van der Waals surface area (Å²) in [6.07, 6.45) is 0. The Morgan fingerprint density at radius 3 is 1.37 bits per heavy atom. The lowest BCUT2D eigenvalue weighted by Crippen LogP contribution is -1.91. The molecule has 1 aromatic rings. The summed E-state index contributed by atoms with van der Waals surface area (Å²) in [7, 11) is -8.49. The van der Waals surface area contributed by atoms with Gasteiger partial charge in [-0.05, 0) is 24.3 Å². The Morgan fingerprint density at radius 1 is 0.895 bits per heavy atom. The number of hydrogen-bond donors (Lipinski definition) is 2. The van der Waals surface area contributed by atoms with Crippen LogP contribution in [0.5, 0.6) is 5.75 Å². The summed E-state index contributed by atoms with van der Waals surface area (Å²) >= 11 is 0. The molecule has 0 aliphatic rings. The fourth-order valence-electron chi connectivity index (χ4n) is 0.628. The van der Waals surface area contributed by atoms with Gasteiger partial charge < -0.3 is 28.6 Å². The van der Waals surface area contributed by atoms with Gasteiger partial charge in [0.2, 0.25) is 0 Å². The summed E-state index contributed by atoms with van der Waals surface area (Å²) in [5, 5.41) is 11.8. The monoisotopic (exact) mass is 315 g/mol. The van der Waals surface area contributed by atoms with E-state index in [1.54, 1.807) is 12.1 Å². The predicted molar refractivity (Wildman–Crippen MR) is 58.6 cm³/mol. The highest BCUT2D eigenvalue weighted by Gasteiger charge is 1.85. The molecule has 0 bridgehead atoms. The maximum atomic E-state index is 8.82. The number of benzene rings is 1. The SMILES string of the molecule is CNc1ccc(O)cc1.O=S(=O)([O-])[O-].O=S(=O)([O-])[O-]. The molecule has 19 heavy (non-hydrogen) atoms. The minimum atomic E-state index is -5.17. The van der Waals surface area contributed by atoms with Crippen molar-refractivity contribution in [3.05, 3.63) is 24.3 Å². The first-order valence-electron chi connectivity index (χ1n) is 4.13. The van der Waals surface area contributed by atoms with E-state index in [9.17, 15) is 0 Å². The van der Waals surface area contributed by atoms with Crippen molar-refractivity contribution in [2.45, 2.75) is 0 Å². The van der Waals surface area contributed by atoms with Gasteiger partial charge in [-0.15, -0.1) is 0 Å². The lowest BCUT2D eigenvalue weighted by atomic mass is 10.3. The molecule has 0 unspecified atom stereocenters. The summed E-state index contributed by atoms with van der Waals surface area (Å²) in [6.45, 7) is 0. The molecule has 1 aromatic carbocycles. The Kier molecular flexibility index (Phi) is 9.03. The highest BCUT2D eigenvalue weighted by molar-refractivity contribution is 7.79. The van der Waals surface area contributed by atoms with Crippen LogP contribution in [0, 0.1) is 0 Å². The quantitative estimate of drug-likeness (QED) is 0.359. The van der Waals surface area contributed by atoms with Gasteiger partial charge in [0.05, 0.1) is 0 Å². The second kappa shape index (κ2) is 8.63. The highest BCUT2D eigenvalue weighted by Crippen LogP contribution is 2.12. The van der Waals surface area contributed by atoms with Crippen molar-refractivity contribution in [1.82, 2.24) is 0 Å². The van der Waals surface area contributed by atoms with E-state index in [1.165, 1.54) is 0 Å². The molecular weight excluding hydrogens is 306 g/mol. The normalized spacial score (nSPS) is 10.4. The molecule has 1 rings (SSSR count). The van der Waals surface area contributed by atoms with Gasteiger partial charge in [0.1, 0.15) is 5.75 Å². The summed E-state index contributed by atoms with van der Waals surface area (Å²) in [6, 6.07) is 6.92. The van der Waals surface area contributed by atoms with Gasteiger partial charge in [-0.25, -0.2) is 0 Å². The van der Waals surface area contributed by atoms with Crippen LogP contribution in [-0.2, 0) is 20.8 Å². The molecule has 2 N–H and O–H groups in total. The smallest absolute Gasteiger partial charge is 0.115 e. The standard InChI is InChI=1S/C7H9NO.2H2O4S/c1-8-6-2-4-7(9)5-3-6;2*1-5(2,3)4/h2-5,8-9H,1H3;2*(H2,1,2,3,4)/p-4. The number of anilines is 1. The highest BCUT2D eigenvalue weighted by atomic mass is 32.3. The lowest BCUT2D eigenvalue weighted by Gasteiger charge is -2.06. The van der Waals surface area contributed by atoms with Gasteiger partial charge >= 0.3 is 0 Å². The molecule has 10 nitrogen and oxygen atoms in total. The van der Waals surface area contributed by atoms with Crippen LogP contribution in [0.2, 0.25) is 0 Å². The van der Waals surface area contributed by atoms with E-state index >= 15 is 0 Å². The largest absolute Gasteiger partial charge is 0.759 e. The van der Waals surface area contributed by atoms with E-state index in [2.05, 4.69) is 5.32 Å². The van der Waals surface area contributed by atoms with Crippen molar-refractivity contribution in [3.63, 3.8) is 0 Å². The third kappa shape index (κ3) is 31.5. The molecule has 0 atom stereocenters. The van der Waals surface area contributed by atoms with Crippen LogP contribution in [0.3, 0.4) is 0 Å². The van der Waals surface area contributed by atoms with E-state index in [4.69, 9.17) is 40.2 Å². The van der Waals surface area contributed by atoms with Gasteiger partial charge in [-0.1, -0.05) is 0 Å². The van der Waals surface area contributed by atoms with Crippen LogP contribution in [0.15, 0.2) is 24.3 Å². The third-order valence-electron chi connectivity index (χ3n) is 1.16. The Labute approximate surface area is 109 Å². The summed E-state index contributed by atoms with van der Waals surface area (Å²) in [5.74, 6) is 0.300. The zero-order valence-corrected chi connectivity index (χ0v) is 11.0. The van der Waals surface area contributed by atoms with Crippen LogP contribution in [0.25, 0.3) is 0 Å². The average Bonchev–Trinajstić information content (AvgIpc) is 2.13. The van der Waals surface area contributed by atoms with Gasteiger partial charge in [-0.3, -0.25) is 16.8 Å². The van der Waals surface area contributed by atoms with Gasteiger partial charge in [0, 0.05) is 33.5 Å². The van der Waals surface area contributed by atoms with E-state index < -0.39 is 20.8 Å². The number of rotatable bonds is 1. The Morgan fingerprint density at radius 2 is 1.16 bits per heavy atom. The molecule has 12 heteroatoms. The van der Waals surface area contributed by atoms with Gasteiger partial charge in [-0.2, -0.15) is 0 Å². The molecule has 112 valence electrons. The maximum Gasteiger partial charge on any atom is 0.115 e.